The average Bonchev–Trinajstić information content (AvgIpc) is 2.16. The third kappa shape index (κ3) is 7.04. The van der Waals surface area contributed by atoms with E-state index in [1.807, 2.05) is 0 Å². The molecule has 2 atom stereocenters. The first-order valence-electron chi connectivity index (χ1n) is 5.14. The van der Waals surface area contributed by atoms with Gasteiger partial charge >= 0.3 is 5.97 Å². The van der Waals surface area contributed by atoms with E-state index in [1.165, 1.54) is 6.92 Å². The molecule has 0 aliphatic carbocycles. The fourth-order valence-electron chi connectivity index (χ4n) is 1.17. The SMILES string of the molecule is C[C@@H](O)C(=O)CCCCC[C@H](N)C(=O)O. The molecule has 0 aromatic carbocycles. The number of rotatable bonds is 8. The molecule has 0 saturated carbocycles. The molecule has 0 spiro atoms. The topological polar surface area (TPSA) is 101 Å². The molecule has 0 fully saturated rings. The van der Waals surface area contributed by atoms with Crippen LogP contribution in [-0.2, 0) is 9.59 Å². The number of aliphatic hydroxyl groups excluding tert-OH is 1. The second kappa shape index (κ2) is 7.36. The van der Waals surface area contributed by atoms with Crippen molar-refractivity contribution in [2.75, 3.05) is 0 Å². The van der Waals surface area contributed by atoms with Crippen LogP contribution in [0.5, 0.6) is 0 Å². The molecule has 0 saturated heterocycles. The van der Waals surface area contributed by atoms with Gasteiger partial charge in [-0.1, -0.05) is 12.8 Å². The lowest BCUT2D eigenvalue weighted by atomic mass is 10.1. The number of carbonyl (C=O) groups is 2. The van der Waals surface area contributed by atoms with Crippen molar-refractivity contribution in [2.24, 2.45) is 5.73 Å². The number of carbonyl (C=O) groups excluding carboxylic acids is 1. The van der Waals surface area contributed by atoms with Gasteiger partial charge in [0.05, 0.1) is 0 Å². The van der Waals surface area contributed by atoms with Gasteiger partial charge in [-0.2, -0.15) is 0 Å². The van der Waals surface area contributed by atoms with Crippen LogP contribution in [0.1, 0.15) is 39.0 Å². The quantitative estimate of drug-likeness (QED) is 0.508. The Balaban J connectivity index is 3.40. The zero-order valence-electron chi connectivity index (χ0n) is 8.98. The van der Waals surface area contributed by atoms with E-state index >= 15 is 0 Å². The highest BCUT2D eigenvalue weighted by molar-refractivity contribution is 5.82. The molecule has 15 heavy (non-hydrogen) atoms. The molecule has 0 radical (unpaired) electrons. The fourth-order valence-corrected chi connectivity index (χ4v) is 1.17. The monoisotopic (exact) mass is 217 g/mol. The molecule has 5 nitrogen and oxygen atoms in total. The zero-order chi connectivity index (χ0) is 11.8. The van der Waals surface area contributed by atoms with Crippen LogP contribution < -0.4 is 5.73 Å². The standard InChI is InChI=1S/C10H19NO4/c1-7(12)9(13)6-4-2-3-5-8(11)10(14)15/h7-8,12H,2-6,11H2,1H3,(H,14,15)/t7-,8+/m1/s1. The Morgan fingerprint density at radius 1 is 1.27 bits per heavy atom. The van der Waals surface area contributed by atoms with Crippen molar-refractivity contribution in [3.8, 4) is 0 Å². The zero-order valence-corrected chi connectivity index (χ0v) is 8.98. The molecule has 88 valence electrons. The Morgan fingerprint density at radius 3 is 2.33 bits per heavy atom. The molecule has 0 aliphatic heterocycles. The summed E-state index contributed by atoms with van der Waals surface area (Å²) < 4.78 is 0. The summed E-state index contributed by atoms with van der Waals surface area (Å²) in [7, 11) is 0. The summed E-state index contributed by atoms with van der Waals surface area (Å²) >= 11 is 0. The molecular weight excluding hydrogens is 198 g/mol. The highest BCUT2D eigenvalue weighted by Crippen LogP contribution is 2.06. The van der Waals surface area contributed by atoms with Gasteiger partial charge in [0, 0.05) is 6.42 Å². The van der Waals surface area contributed by atoms with E-state index in [0.29, 0.717) is 25.7 Å². The predicted octanol–water partition coefficient (Wildman–Crippen LogP) is 0.299. The van der Waals surface area contributed by atoms with Crippen LogP contribution in [0.3, 0.4) is 0 Å². The maximum Gasteiger partial charge on any atom is 0.320 e. The Labute approximate surface area is 89.3 Å². The summed E-state index contributed by atoms with van der Waals surface area (Å²) in [6.45, 7) is 1.45. The number of nitrogens with two attached hydrogens (primary N) is 1. The van der Waals surface area contributed by atoms with E-state index in [-0.39, 0.29) is 5.78 Å². The van der Waals surface area contributed by atoms with Crippen LogP contribution in [0.25, 0.3) is 0 Å². The number of unbranched alkanes of at least 4 members (excludes halogenated alkanes) is 2. The molecule has 0 heterocycles. The number of aliphatic carboxylic acids is 1. The van der Waals surface area contributed by atoms with E-state index in [4.69, 9.17) is 15.9 Å². The van der Waals surface area contributed by atoms with E-state index in [9.17, 15) is 9.59 Å². The molecule has 0 rings (SSSR count). The number of aliphatic hydroxyl groups is 1. The van der Waals surface area contributed by atoms with Gasteiger partial charge in [-0.05, 0) is 19.8 Å². The smallest absolute Gasteiger partial charge is 0.320 e. The summed E-state index contributed by atoms with van der Waals surface area (Å²) in [5.74, 6) is -1.16. The first kappa shape index (κ1) is 14.1. The number of carboxylic acid groups (broad SMARTS) is 1. The minimum absolute atomic E-state index is 0.169. The number of ketones is 1. The lowest BCUT2D eigenvalue weighted by Crippen LogP contribution is -2.29. The summed E-state index contributed by atoms with van der Waals surface area (Å²) in [6.07, 6.45) is 2.01. The second-order valence-electron chi connectivity index (χ2n) is 3.69. The minimum Gasteiger partial charge on any atom is -0.480 e. The van der Waals surface area contributed by atoms with Crippen molar-refractivity contribution in [1.29, 1.82) is 0 Å². The van der Waals surface area contributed by atoms with Crippen LogP contribution in [0.2, 0.25) is 0 Å². The van der Waals surface area contributed by atoms with Crippen molar-refractivity contribution in [3.05, 3.63) is 0 Å². The Hall–Kier alpha value is -0.940. The van der Waals surface area contributed by atoms with Crippen molar-refractivity contribution in [1.82, 2.24) is 0 Å². The lowest BCUT2D eigenvalue weighted by molar-refractivity contribution is -0.138. The highest BCUT2D eigenvalue weighted by atomic mass is 16.4. The third-order valence-electron chi connectivity index (χ3n) is 2.22. The van der Waals surface area contributed by atoms with Gasteiger partial charge in [0.15, 0.2) is 5.78 Å². The first-order chi connectivity index (χ1) is 6.95. The van der Waals surface area contributed by atoms with Crippen molar-refractivity contribution >= 4 is 11.8 Å². The van der Waals surface area contributed by atoms with Crippen LogP contribution in [0, 0.1) is 0 Å². The first-order valence-corrected chi connectivity index (χ1v) is 5.14. The van der Waals surface area contributed by atoms with Gasteiger partial charge in [0.1, 0.15) is 12.1 Å². The largest absolute Gasteiger partial charge is 0.480 e. The molecule has 0 aromatic heterocycles. The number of hydrogen-bond acceptors (Lipinski definition) is 4. The summed E-state index contributed by atoms with van der Waals surface area (Å²) in [4.78, 5) is 21.3. The van der Waals surface area contributed by atoms with Crippen molar-refractivity contribution < 1.29 is 19.8 Å². The van der Waals surface area contributed by atoms with E-state index in [0.717, 1.165) is 6.42 Å². The summed E-state index contributed by atoms with van der Waals surface area (Å²) in [6, 6.07) is -0.808. The molecule has 0 amide bonds. The van der Waals surface area contributed by atoms with Gasteiger partial charge in [-0.3, -0.25) is 9.59 Å². The van der Waals surface area contributed by atoms with Gasteiger partial charge < -0.3 is 15.9 Å². The molecule has 0 unspecified atom stereocenters. The van der Waals surface area contributed by atoms with Crippen LogP contribution in [0.15, 0.2) is 0 Å². The van der Waals surface area contributed by atoms with Crippen LogP contribution >= 0.6 is 0 Å². The van der Waals surface area contributed by atoms with Crippen LogP contribution in [0.4, 0.5) is 0 Å². The normalized spacial score (nSPS) is 14.6. The van der Waals surface area contributed by atoms with Crippen molar-refractivity contribution in [3.63, 3.8) is 0 Å². The predicted molar refractivity (Wildman–Crippen MR) is 55.4 cm³/mol. The van der Waals surface area contributed by atoms with E-state index in [2.05, 4.69) is 0 Å². The third-order valence-corrected chi connectivity index (χ3v) is 2.22. The summed E-state index contributed by atoms with van der Waals surface area (Å²) in [5.41, 5.74) is 5.30. The van der Waals surface area contributed by atoms with E-state index < -0.39 is 18.1 Å². The van der Waals surface area contributed by atoms with Gasteiger partial charge in [-0.25, -0.2) is 0 Å². The van der Waals surface area contributed by atoms with E-state index in [1.54, 1.807) is 0 Å². The molecule has 0 bridgehead atoms. The van der Waals surface area contributed by atoms with Gasteiger partial charge in [0.25, 0.3) is 0 Å². The van der Waals surface area contributed by atoms with Gasteiger partial charge in [-0.15, -0.1) is 0 Å². The number of hydrogen-bond donors (Lipinski definition) is 3. The number of Topliss-reactive ketones (excluding diaryl/α,β-unsaturated/α-hetero) is 1. The molecule has 5 heteroatoms. The minimum atomic E-state index is -0.991. The summed E-state index contributed by atoms with van der Waals surface area (Å²) in [5, 5.41) is 17.4. The Kier molecular flexibility index (Phi) is 6.90. The lowest BCUT2D eigenvalue weighted by Gasteiger charge is -2.06. The van der Waals surface area contributed by atoms with Crippen molar-refractivity contribution in [2.45, 2.75) is 51.2 Å². The highest BCUT2D eigenvalue weighted by Gasteiger charge is 2.11. The Bertz CT molecular complexity index is 215. The molecule has 4 N–H and O–H groups in total. The van der Waals surface area contributed by atoms with Gasteiger partial charge in [0.2, 0.25) is 0 Å². The number of carboxylic acids is 1. The fraction of sp³-hybridized carbons (Fsp3) is 0.800. The maximum absolute atomic E-state index is 11.0. The maximum atomic E-state index is 11.0. The molecule has 0 aliphatic rings. The average molecular weight is 217 g/mol. The Morgan fingerprint density at radius 2 is 1.87 bits per heavy atom. The molecular formula is C10H19NO4. The van der Waals surface area contributed by atoms with Crippen LogP contribution in [-0.4, -0.2) is 34.1 Å². The molecule has 0 aromatic rings. The second-order valence-corrected chi connectivity index (χ2v) is 3.69.